The summed E-state index contributed by atoms with van der Waals surface area (Å²) in [7, 11) is 0. The minimum atomic E-state index is -0.337. The summed E-state index contributed by atoms with van der Waals surface area (Å²) < 4.78 is 0. The van der Waals surface area contributed by atoms with E-state index in [2.05, 4.69) is 9.97 Å². The molecule has 5 rings (SSSR count). The number of hydrogen-bond donors (Lipinski definition) is 0. The van der Waals surface area contributed by atoms with Gasteiger partial charge in [-0.3, -0.25) is 20.1 Å². The van der Waals surface area contributed by atoms with Crippen molar-refractivity contribution in [3.8, 4) is 45.0 Å². The molecule has 5 aromatic rings. The van der Waals surface area contributed by atoms with Gasteiger partial charge in [0.05, 0.1) is 33.3 Å². The van der Waals surface area contributed by atoms with Gasteiger partial charge in [-0.05, 0) is 65.6 Å². The van der Waals surface area contributed by atoms with Crippen molar-refractivity contribution in [1.29, 1.82) is 0 Å². The maximum atomic E-state index is 12.0. The molecule has 164 valence electrons. The molecule has 0 N–H and O–H groups in total. The number of pyridine rings is 3. The summed E-state index contributed by atoms with van der Waals surface area (Å²) in [6.45, 7) is 1.98. The van der Waals surface area contributed by atoms with Crippen molar-refractivity contribution in [3.63, 3.8) is 0 Å². The SMILES string of the molecule is Cc1cccnc1-c1cc(-c2ccc(-c3ccccc3)c([N+](=O)[O-])c2)cc(-c2ccccn2)n1. The summed E-state index contributed by atoms with van der Waals surface area (Å²) in [4.78, 5) is 25.4. The normalized spacial score (nSPS) is 10.7. The highest BCUT2D eigenvalue weighted by Gasteiger charge is 2.18. The Balaban J connectivity index is 1.70. The Bertz CT molecular complexity index is 1490. The third kappa shape index (κ3) is 4.17. The monoisotopic (exact) mass is 444 g/mol. The zero-order valence-corrected chi connectivity index (χ0v) is 18.4. The lowest BCUT2D eigenvalue weighted by Crippen LogP contribution is -1.97. The second-order valence-corrected chi connectivity index (χ2v) is 7.87. The first-order valence-electron chi connectivity index (χ1n) is 10.8. The zero-order chi connectivity index (χ0) is 23.5. The van der Waals surface area contributed by atoms with Gasteiger partial charge in [-0.15, -0.1) is 0 Å². The minimum Gasteiger partial charge on any atom is -0.258 e. The van der Waals surface area contributed by atoms with Crippen LogP contribution in [0.1, 0.15) is 5.56 Å². The molecule has 6 nitrogen and oxygen atoms in total. The summed E-state index contributed by atoms with van der Waals surface area (Å²) in [5.74, 6) is 0. The molecule has 0 saturated heterocycles. The van der Waals surface area contributed by atoms with E-state index < -0.39 is 0 Å². The van der Waals surface area contributed by atoms with Gasteiger partial charge in [0.1, 0.15) is 0 Å². The summed E-state index contributed by atoms with van der Waals surface area (Å²) in [6, 6.07) is 28.0. The van der Waals surface area contributed by atoms with Crippen LogP contribution in [0.2, 0.25) is 0 Å². The molecule has 2 aromatic carbocycles. The zero-order valence-electron chi connectivity index (χ0n) is 18.4. The van der Waals surface area contributed by atoms with E-state index in [0.717, 1.165) is 33.6 Å². The van der Waals surface area contributed by atoms with E-state index in [9.17, 15) is 10.1 Å². The molecule has 0 amide bonds. The molecule has 0 aliphatic heterocycles. The van der Waals surface area contributed by atoms with Gasteiger partial charge >= 0.3 is 0 Å². The minimum absolute atomic E-state index is 0.0514. The average Bonchev–Trinajstić information content (AvgIpc) is 2.89. The predicted molar refractivity (Wildman–Crippen MR) is 133 cm³/mol. The van der Waals surface area contributed by atoms with E-state index in [1.165, 1.54) is 0 Å². The van der Waals surface area contributed by atoms with Gasteiger partial charge in [-0.25, -0.2) is 4.98 Å². The second kappa shape index (κ2) is 9.03. The highest BCUT2D eigenvalue weighted by atomic mass is 16.6. The molecule has 0 aliphatic rings. The largest absolute Gasteiger partial charge is 0.277 e. The Labute approximate surface area is 196 Å². The Hall–Kier alpha value is -4.71. The second-order valence-electron chi connectivity index (χ2n) is 7.87. The molecule has 0 spiro atoms. The third-order valence-electron chi connectivity index (χ3n) is 5.62. The van der Waals surface area contributed by atoms with Gasteiger partial charge in [0.25, 0.3) is 5.69 Å². The van der Waals surface area contributed by atoms with Gasteiger partial charge in [-0.1, -0.05) is 48.5 Å². The fraction of sp³-hybridized carbons (Fsp3) is 0.0357. The van der Waals surface area contributed by atoms with Crippen molar-refractivity contribution in [2.24, 2.45) is 0 Å². The van der Waals surface area contributed by atoms with E-state index in [-0.39, 0.29) is 10.6 Å². The van der Waals surface area contributed by atoms with Gasteiger partial charge in [0, 0.05) is 18.5 Å². The standard InChI is InChI=1S/C28H20N4O2/c1-19-8-7-15-30-28(19)26-17-22(16-25(31-26)24-11-5-6-14-29-24)21-12-13-23(27(18-21)32(33)34)20-9-3-2-4-10-20/h2-18H,1H3. The molecule has 0 bridgehead atoms. The Morgan fingerprint density at radius 2 is 1.44 bits per heavy atom. The fourth-order valence-corrected chi connectivity index (χ4v) is 3.94. The number of nitro groups is 1. The number of benzene rings is 2. The number of nitro benzene ring substituents is 1. The van der Waals surface area contributed by atoms with Crippen LogP contribution in [0, 0.1) is 17.0 Å². The number of aryl methyl sites for hydroxylation is 1. The van der Waals surface area contributed by atoms with Gasteiger partial charge in [0.15, 0.2) is 0 Å². The summed E-state index contributed by atoms with van der Waals surface area (Å²) in [5, 5.41) is 12.0. The molecule has 3 heterocycles. The number of nitrogens with zero attached hydrogens (tertiary/aromatic N) is 4. The molecule has 0 saturated carbocycles. The van der Waals surface area contributed by atoms with Gasteiger partial charge < -0.3 is 0 Å². The third-order valence-corrected chi connectivity index (χ3v) is 5.62. The van der Waals surface area contributed by atoms with E-state index in [1.54, 1.807) is 24.5 Å². The summed E-state index contributed by atoms with van der Waals surface area (Å²) in [5.41, 5.74) is 6.79. The Morgan fingerprint density at radius 1 is 0.676 bits per heavy atom. The van der Waals surface area contributed by atoms with Crippen molar-refractivity contribution in [2.45, 2.75) is 6.92 Å². The van der Waals surface area contributed by atoms with Crippen molar-refractivity contribution in [2.75, 3.05) is 0 Å². The van der Waals surface area contributed by atoms with Crippen LogP contribution >= 0.6 is 0 Å². The summed E-state index contributed by atoms with van der Waals surface area (Å²) in [6.07, 6.45) is 3.45. The van der Waals surface area contributed by atoms with E-state index in [4.69, 9.17) is 4.98 Å². The van der Waals surface area contributed by atoms with Crippen LogP contribution in [0.15, 0.2) is 103 Å². The lowest BCUT2D eigenvalue weighted by atomic mass is 9.97. The molecular weight excluding hydrogens is 424 g/mol. The first-order chi connectivity index (χ1) is 16.6. The Kier molecular flexibility index (Phi) is 5.62. The molecule has 0 unspecified atom stereocenters. The maximum absolute atomic E-state index is 12.0. The van der Waals surface area contributed by atoms with Crippen LogP contribution in [-0.2, 0) is 0 Å². The van der Waals surface area contributed by atoms with E-state index in [1.807, 2.05) is 85.8 Å². The topological polar surface area (TPSA) is 81.8 Å². The van der Waals surface area contributed by atoms with Crippen LogP contribution < -0.4 is 0 Å². The number of aromatic nitrogens is 3. The molecule has 0 atom stereocenters. The smallest absolute Gasteiger partial charge is 0.258 e. The molecule has 0 fully saturated rings. The molecule has 34 heavy (non-hydrogen) atoms. The maximum Gasteiger partial charge on any atom is 0.277 e. The molecule has 6 heteroatoms. The van der Waals surface area contributed by atoms with Gasteiger partial charge in [-0.2, -0.15) is 0 Å². The molecular formula is C28H20N4O2. The van der Waals surface area contributed by atoms with Crippen molar-refractivity contribution >= 4 is 5.69 Å². The van der Waals surface area contributed by atoms with Crippen molar-refractivity contribution in [3.05, 3.63) is 119 Å². The predicted octanol–water partition coefficient (Wildman–Crippen LogP) is 6.76. The quantitative estimate of drug-likeness (QED) is 0.221. The first-order valence-corrected chi connectivity index (χ1v) is 10.8. The Morgan fingerprint density at radius 3 is 2.18 bits per heavy atom. The van der Waals surface area contributed by atoms with Gasteiger partial charge in [0.2, 0.25) is 0 Å². The van der Waals surface area contributed by atoms with E-state index in [0.29, 0.717) is 17.0 Å². The van der Waals surface area contributed by atoms with Crippen LogP contribution in [0.3, 0.4) is 0 Å². The van der Waals surface area contributed by atoms with Crippen molar-refractivity contribution in [1.82, 2.24) is 15.0 Å². The number of hydrogen-bond acceptors (Lipinski definition) is 5. The highest BCUT2D eigenvalue weighted by Crippen LogP contribution is 2.36. The van der Waals surface area contributed by atoms with E-state index >= 15 is 0 Å². The number of rotatable bonds is 5. The lowest BCUT2D eigenvalue weighted by molar-refractivity contribution is -0.384. The fourth-order valence-electron chi connectivity index (χ4n) is 3.94. The molecule has 0 radical (unpaired) electrons. The molecule has 0 aliphatic carbocycles. The van der Waals surface area contributed by atoms with Crippen LogP contribution in [0.5, 0.6) is 0 Å². The van der Waals surface area contributed by atoms with Crippen LogP contribution in [0.4, 0.5) is 5.69 Å². The highest BCUT2D eigenvalue weighted by molar-refractivity contribution is 5.81. The summed E-state index contributed by atoms with van der Waals surface area (Å²) >= 11 is 0. The van der Waals surface area contributed by atoms with Crippen molar-refractivity contribution < 1.29 is 4.92 Å². The van der Waals surface area contributed by atoms with Crippen LogP contribution in [0.25, 0.3) is 45.0 Å². The first kappa shape index (κ1) is 21.2. The lowest BCUT2D eigenvalue weighted by Gasteiger charge is -2.11. The average molecular weight is 444 g/mol. The van der Waals surface area contributed by atoms with Crippen LogP contribution in [-0.4, -0.2) is 19.9 Å². The molecule has 3 aromatic heterocycles.